The Labute approximate surface area is 198 Å². The largest absolute Gasteiger partial charge is 0.416 e. The molecule has 2 aliphatic carbocycles. The van der Waals surface area contributed by atoms with Crippen molar-refractivity contribution >= 4 is 17.7 Å². The van der Waals surface area contributed by atoms with Crippen molar-refractivity contribution in [1.29, 1.82) is 0 Å². The number of carbonyl (C=O) groups excluding carboxylic acids is 1. The molecule has 33 heavy (non-hydrogen) atoms. The molecule has 0 spiro atoms. The van der Waals surface area contributed by atoms with Crippen LogP contribution in [0.1, 0.15) is 67.9 Å². The minimum Gasteiger partial charge on any atom is -0.341 e. The fraction of sp³-hybridized carbons (Fsp3) is 0.720. The maximum atomic E-state index is 13.7. The molecule has 182 valence electrons. The molecule has 2 aliphatic heterocycles. The molecule has 2 saturated heterocycles. The van der Waals surface area contributed by atoms with Crippen LogP contribution >= 0.6 is 11.8 Å². The number of alkyl halides is 3. The predicted octanol–water partition coefficient (Wildman–Crippen LogP) is 4.94. The number of benzene rings is 1. The van der Waals surface area contributed by atoms with Gasteiger partial charge in [-0.15, -0.1) is 11.8 Å². The third kappa shape index (κ3) is 5.22. The zero-order chi connectivity index (χ0) is 23.2. The maximum Gasteiger partial charge on any atom is 0.416 e. The molecule has 4 nitrogen and oxygen atoms in total. The summed E-state index contributed by atoms with van der Waals surface area (Å²) < 4.78 is 39.1. The van der Waals surface area contributed by atoms with E-state index in [0.717, 1.165) is 68.2 Å². The highest BCUT2D eigenvalue weighted by Gasteiger charge is 2.48. The van der Waals surface area contributed by atoms with Gasteiger partial charge >= 0.3 is 6.18 Å². The third-order valence-electron chi connectivity index (χ3n) is 8.19. The van der Waals surface area contributed by atoms with Gasteiger partial charge in [0.1, 0.15) is 6.04 Å². The Morgan fingerprint density at radius 3 is 2.30 bits per heavy atom. The lowest BCUT2D eigenvalue weighted by atomic mass is 9.90. The Hall–Kier alpha value is -1.25. The molecule has 0 bridgehead atoms. The number of hydrogen-bond acceptors (Lipinski definition) is 4. The van der Waals surface area contributed by atoms with Gasteiger partial charge in [0.2, 0.25) is 5.91 Å². The SMILES string of the molecule is NC1CCCN(C(=O)C2NC(c3ccc(C(F)(F)F)cc3)SC2C2CCC3CC3CC2)CC1. The summed E-state index contributed by atoms with van der Waals surface area (Å²) in [4.78, 5) is 15.7. The van der Waals surface area contributed by atoms with Crippen LogP contribution in [0.5, 0.6) is 0 Å². The molecular weight excluding hydrogens is 447 g/mol. The second-order valence-corrected chi connectivity index (χ2v) is 11.7. The van der Waals surface area contributed by atoms with E-state index in [1.165, 1.54) is 19.3 Å². The molecule has 3 N–H and O–H groups in total. The normalized spacial score (nSPS) is 37.2. The number of amides is 1. The molecular formula is C25H34F3N3OS. The van der Waals surface area contributed by atoms with Crippen molar-refractivity contribution in [3.63, 3.8) is 0 Å². The summed E-state index contributed by atoms with van der Waals surface area (Å²) in [6, 6.07) is 5.28. The smallest absolute Gasteiger partial charge is 0.341 e. The Morgan fingerprint density at radius 1 is 0.970 bits per heavy atom. The minimum absolute atomic E-state index is 0.144. The molecule has 6 atom stereocenters. The molecule has 5 rings (SSSR count). The Kier molecular flexibility index (Phi) is 6.71. The van der Waals surface area contributed by atoms with E-state index >= 15 is 0 Å². The van der Waals surface area contributed by atoms with Crippen LogP contribution < -0.4 is 11.1 Å². The maximum absolute atomic E-state index is 13.7. The van der Waals surface area contributed by atoms with Crippen molar-refractivity contribution < 1.29 is 18.0 Å². The number of rotatable bonds is 3. The van der Waals surface area contributed by atoms with Gasteiger partial charge in [-0.1, -0.05) is 12.1 Å². The first-order chi connectivity index (χ1) is 15.8. The zero-order valence-electron chi connectivity index (χ0n) is 18.9. The number of hydrogen-bond donors (Lipinski definition) is 2. The molecule has 1 aromatic rings. The lowest BCUT2D eigenvalue weighted by Crippen LogP contribution is -2.50. The Balaban J connectivity index is 1.35. The first kappa shape index (κ1) is 23.5. The van der Waals surface area contributed by atoms with Crippen molar-refractivity contribution in [2.24, 2.45) is 23.5 Å². The van der Waals surface area contributed by atoms with Gasteiger partial charge in [0.25, 0.3) is 0 Å². The number of nitrogens with zero attached hydrogens (tertiary/aromatic N) is 1. The second-order valence-electron chi connectivity index (χ2n) is 10.4. The standard InChI is InChI=1S/C25H34F3N3OS/c26-25(27,28)19-9-7-16(8-10-19)23-30-21(24(32)31-12-1-2-20(29)11-13-31)22(33-23)15-3-5-17-14-18(17)6-4-15/h7-10,15,17-18,20-23,30H,1-6,11-14,29H2. The van der Waals surface area contributed by atoms with Crippen LogP contribution in [0.3, 0.4) is 0 Å². The van der Waals surface area contributed by atoms with E-state index in [1.54, 1.807) is 23.9 Å². The highest BCUT2D eigenvalue weighted by Crippen LogP contribution is 2.53. The third-order valence-corrected chi connectivity index (χ3v) is 9.85. The highest BCUT2D eigenvalue weighted by molar-refractivity contribution is 8.00. The summed E-state index contributed by atoms with van der Waals surface area (Å²) in [6.45, 7) is 1.43. The number of thioether (sulfide) groups is 1. The highest BCUT2D eigenvalue weighted by atomic mass is 32.2. The molecule has 2 saturated carbocycles. The lowest BCUT2D eigenvalue weighted by molar-refractivity contribution is -0.137. The van der Waals surface area contributed by atoms with Gasteiger partial charge in [0.05, 0.1) is 10.9 Å². The number of likely N-dealkylation sites (tertiary alicyclic amines) is 1. The van der Waals surface area contributed by atoms with Gasteiger partial charge in [0.15, 0.2) is 0 Å². The summed E-state index contributed by atoms with van der Waals surface area (Å²) in [6.07, 6.45) is 4.51. The first-order valence-corrected chi connectivity index (χ1v) is 13.4. The molecule has 1 aromatic carbocycles. The summed E-state index contributed by atoms with van der Waals surface area (Å²) in [5.74, 6) is 2.37. The summed E-state index contributed by atoms with van der Waals surface area (Å²) in [5, 5.41) is 3.53. The van der Waals surface area contributed by atoms with Crippen molar-refractivity contribution in [1.82, 2.24) is 10.2 Å². The number of nitrogens with two attached hydrogens (primary N) is 1. The van der Waals surface area contributed by atoms with Gasteiger partial charge < -0.3 is 10.6 Å². The molecule has 8 heteroatoms. The Bertz CT molecular complexity index is 836. The summed E-state index contributed by atoms with van der Waals surface area (Å²) >= 11 is 1.75. The summed E-state index contributed by atoms with van der Waals surface area (Å²) in [7, 11) is 0. The van der Waals surface area contributed by atoms with Crippen LogP contribution in [0.2, 0.25) is 0 Å². The van der Waals surface area contributed by atoms with Crippen LogP contribution in [-0.4, -0.2) is 41.2 Å². The molecule has 0 radical (unpaired) electrons. The van der Waals surface area contributed by atoms with Crippen molar-refractivity contribution in [2.75, 3.05) is 13.1 Å². The van der Waals surface area contributed by atoms with E-state index in [9.17, 15) is 18.0 Å². The van der Waals surface area contributed by atoms with Gasteiger partial charge in [-0.05, 0) is 86.8 Å². The molecule has 0 aromatic heterocycles. The molecule has 6 unspecified atom stereocenters. The molecule has 4 fully saturated rings. The zero-order valence-corrected chi connectivity index (χ0v) is 19.7. The molecule has 4 aliphatic rings. The predicted molar refractivity (Wildman–Crippen MR) is 124 cm³/mol. The van der Waals surface area contributed by atoms with Gasteiger partial charge in [-0.2, -0.15) is 13.2 Å². The van der Waals surface area contributed by atoms with Gasteiger partial charge in [-0.25, -0.2) is 0 Å². The Morgan fingerprint density at radius 2 is 1.64 bits per heavy atom. The topological polar surface area (TPSA) is 58.4 Å². The summed E-state index contributed by atoms with van der Waals surface area (Å²) in [5.41, 5.74) is 6.30. The number of halogens is 3. The van der Waals surface area contributed by atoms with E-state index in [1.807, 2.05) is 4.90 Å². The van der Waals surface area contributed by atoms with Crippen LogP contribution in [0.4, 0.5) is 13.2 Å². The van der Waals surface area contributed by atoms with E-state index in [0.29, 0.717) is 12.5 Å². The average Bonchev–Trinajstić information content (AvgIpc) is 3.49. The lowest BCUT2D eigenvalue weighted by Gasteiger charge is -2.30. The van der Waals surface area contributed by atoms with Crippen LogP contribution in [0.15, 0.2) is 24.3 Å². The molecule has 2 heterocycles. The minimum atomic E-state index is -4.34. The number of carbonyl (C=O) groups is 1. The monoisotopic (exact) mass is 481 g/mol. The van der Waals surface area contributed by atoms with Crippen molar-refractivity contribution in [3.05, 3.63) is 35.4 Å². The van der Waals surface area contributed by atoms with Crippen LogP contribution in [-0.2, 0) is 11.0 Å². The van der Waals surface area contributed by atoms with Crippen LogP contribution in [0.25, 0.3) is 0 Å². The molecule has 1 amide bonds. The van der Waals surface area contributed by atoms with E-state index in [-0.39, 0.29) is 28.6 Å². The van der Waals surface area contributed by atoms with Crippen LogP contribution in [0, 0.1) is 17.8 Å². The van der Waals surface area contributed by atoms with Gasteiger partial charge in [0, 0.05) is 24.4 Å². The number of nitrogens with one attached hydrogen (secondary N) is 1. The van der Waals surface area contributed by atoms with E-state index in [2.05, 4.69) is 5.32 Å². The van der Waals surface area contributed by atoms with E-state index < -0.39 is 11.7 Å². The van der Waals surface area contributed by atoms with Gasteiger partial charge in [-0.3, -0.25) is 10.1 Å². The number of fused-ring (bicyclic) bond motifs is 1. The first-order valence-electron chi connectivity index (χ1n) is 12.4. The fourth-order valence-corrected chi connectivity index (χ4v) is 7.74. The van der Waals surface area contributed by atoms with E-state index in [4.69, 9.17) is 5.73 Å². The second kappa shape index (κ2) is 9.42. The fourth-order valence-electron chi connectivity index (χ4n) is 6.04. The quantitative estimate of drug-likeness (QED) is 0.642. The average molecular weight is 482 g/mol. The van der Waals surface area contributed by atoms with Crippen molar-refractivity contribution in [3.8, 4) is 0 Å². The van der Waals surface area contributed by atoms with Crippen molar-refractivity contribution in [2.45, 2.75) is 80.3 Å².